The quantitative estimate of drug-likeness (QED) is 0.834. The van der Waals surface area contributed by atoms with Crippen LogP contribution in [0.15, 0.2) is 4.52 Å². The van der Waals surface area contributed by atoms with Gasteiger partial charge in [-0.3, -0.25) is 0 Å². The van der Waals surface area contributed by atoms with Crippen molar-refractivity contribution in [3.63, 3.8) is 0 Å². The van der Waals surface area contributed by atoms with Crippen molar-refractivity contribution in [3.05, 3.63) is 11.7 Å². The molecule has 2 unspecified atom stereocenters. The van der Waals surface area contributed by atoms with Crippen molar-refractivity contribution in [2.75, 3.05) is 13.2 Å². The van der Waals surface area contributed by atoms with E-state index in [1.165, 1.54) is 0 Å². The van der Waals surface area contributed by atoms with Gasteiger partial charge >= 0.3 is 0 Å². The zero-order valence-corrected chi connectivity index (χ0v) is 9.90. The molecule has 1 aliphatic rings. The molecule has 1 aliphatic heterocycles. The summed E-state index contributed by atoms with van der Waals surface area (Å²) in [6, 6.07) is 0. The SMILES string of the molecule is CCC(C)(N)c1nc(CC2CCOC2)no1. The summed E-state index contributed by atoms with van der Waals surface area (Å²) in [6.45, 7) is 5.56. The van der Waals surface area contributed by atoms with Gasteiger partial charge in [0.05, 0.1) is 5.54 Å². The van der Waals surface area contributed by atoms with Gasteiger partial charge in [-0.2, -0.15) is 4.98 Å². The highest BCUT2D eigenvalue weighted by Crippen LogP contribution is 2.21. The van der Waals surface area contributed by atoms with E-state index in [1.54, 1.807) is 0 Å². The van der Waals surface area contributed by atoms with Crippen LogP contribution in [0.5, 0.6) is 0 Å². The maximum absolute atomic E-state index is 6.04. The van der Waals surface area contributed by atoms with E-state index in [0.717, 1.165) is 38.3 Å². The lowest BCUT2D eigenvalue weighted by Gasteiger charge is -2.16. The predicted octanol–water partition coefficient (Wildman–Crippen LogP) is 1.23. The first kappa shape index (κ1) is 11.5. The van der Waals surface area contributed by atoms with Crippen LogP contribution < -0.4 is 5.73 Å². The molecule has 2 rings (SSSR count). The largest absolute Gasteiger partial charge is 0.381 e. The Hall–Kier alpha value is -0.940. The molecule has 0 saturated carbocycles. The third-order valence-electron chi connectivity index (χ3n) is 3.19. The number of ether oxygens (including phenoxy) is 1. The average molecular weight is 225 g/mol. The summed E-state index contributed by atoms with van der Waals surface area (Å²) < 4.78 is 10.5. The van der Waals surface area contributed by atoms with Gasteiger partial charge in [0.15, 0.2) is 5.82 Å². The topological polar surface area (TPSA) is 74.2 Å². The molecule has 0 spiro atoms. The summed E-state index contributed by atoms with van der Waals surface area (Å²) in [6.07, 6.45) is 2.68. The third kappa shape index (κ3) is 2.41. The zero-order valence-electron chi connectivity index (χ0n) is 9.90. The molecule has 5 nitrogen and oxygen atoms in total. The molecule has 2 atom stereocenters. The van der Waals surface area contributed by atoms with Gasteiger partial charge in [0.1, 0.15) is 0 Å². The van der Waals surface area contributed by atoms with Crippen molar-refractivity contribution >= 4 is 0 Å². The minimum atomic E-state index is -0.516. The Morgan fingerprint density at radius 3 is 3.00 bits per heavy atom. The molecule has 5 heteroatoms. The first-order chi connectivity index (χ1) is 7.62. The van der Waals surface area contributed by atoms with E-state index in [0.29, 0.717) is 11.8 Å². The highest BCUT2D eigenvalue weighted by molar-refractivity contribution is 5.00. The van der Waals surface area contributed by atoms with E-state index in [1.807, 2.05) is 13.8 Å². The van der Waals surface area contributed by atoms with Gasteiger partial charge in [0, 0.05) is 19.6 Å². The molecule has 1 aromatic heterocycles. The summed E-state index contributed by atoms with van der Waals surface area (Å²) >= 11 is 0. The van der Waals surface area contributed by atoms with Crippen LogP contribution in [0.1, 0.15) is 38.4 Å². The van der Waals surface area contributed by atoms with Crippen molar-refractivity contribution in [1.29, 1.82) is 0 Å². The molecule has 2 heterocycles. The number of hydrogen-bond acceptors (Lipinski definition) is 5. The summed E-state index contributed by atoms with van der Waals surface area (Å²) in [4.78, 5) is 4.36. The van der Waals surface area contributed by atoms with Crippen LogP contribution in [-0.2, 0) is 16.7 Å². The monoisotopic (exact) mass is 225 g/mol. The van der Waals surface area contributed by atoms with Gasteiger partial charge in [-0.05, 0) is 25.7 Å². The van der Waals surface area contributed by atoms with Crippen molar-refractivity contribution < 1.29 is 9.26 Å². The molecule has 0 aromatic carbocycles. The molecular formula is C11H19N3O2. The normalized spacial score (nSPS) is 24.6. The highest BCUT2D eigenvalue weighted by atomic mass is 16.5. The van der Waals surface area contributed by atoms with Crippen molar-refractivity contribution in [2.45, 2.75) is 38.6 Å². The lowest BCUT2D eigenvalue weighted by Crippen LogP contribution is -2.32. The van der Waals surface area contributed by atoms with Gasteiger partial charge in [0.25, 0.3) is 0 Å². The number of nitrogens with two attached hydrogens (primary N) is 1. The van der Waals surface area contributed by atoms with Crippen LogP contribution in [0, 0.1) is 5.92 Å². The van der Waals surface area contributed by atoms with Gasteiger partial charge in [-0.1, -0.05) is 12.1 Å². The average Bonchev–Trinajstić information content (AvgIpc) is 2.89. The number of hydrogen-bond donors (Lipinski definition) is 1. The van der Waals surface area contributed by atoms with Crippen molar-refractivity contribution in [2.24, 2.45) is 11.7 Å². The lowest BCUT2D eigenvalue weighted by atomic mass is 10.0. The minimum Gasteiger partial charge on any atom is -0.381 e. The molecule has 16 heavy (non-hydrogen) atoms. The van der Waals surface area contributed by atoms with E-state index < -0.39 is 5.54 Å². The van der Waals surface area contributed by atoms with E-state index in [-0.39, 0.29) is 0 Å². The molecule has 0 radical (unpaired) electrons. The summed E-state index contributed by atoms with van der Waals surface area (Å²) in [5.74, 6) is 1.80. The maximum Gasteiger partial charge on any atom is 0.246 e. The Morgan fingerprint density at radius 2 is 2.38 bits per heavy atom. The van der Waals surface area contributed by atoms with E-state index in [2.05, 4.69) is 10.1 Å². The molecule has 1 fully saturated rings. The highest BCUT2D eigenvalue weighted by Gasteiger charge is 2.27. The van der Waals surface area contributed by atoms with Gasteiger partial charge < -0.3 is 15.0 Å². The van der Waals surface area contributed by atoms with Crippen LogP contribution in [0.2, 0.25) is 0 Å². The Kier molecular flexibility index (Phi) is 3.25. The summed E-state index contributed by atoms with van der Waals surface area (Å²) in [5.41, 5.74) is 5.52. The minimum absolute atomic E-state index is 0.516. The number of aromatic nitrogens is 2. The van der Waals surface area contributed by atoms with Crippen LogP contribution >= 0.6 is 0 Å². The summed E-state index contributed by atoms with van der Waals surface area (Å²) in [5, 5.41) is 3.97. The zero-order chi connectivity index (χ0) is 11.6. The second-order valence-corrected chi connectivity index (χ2v) is 4.72. The van der Waals surface area contributed by atoms with E-state index in [9.17, 15) is 0 Å². The predicted molar refractivity (Wildman–Crippen MR) is 58.8 cm³/mol. The Labute approximate surface area is 95.3 Å². The first-order valence-corrected chi connectivity index (χ1v) is 5.81. The molecule has 2 N–H and O–H groups in total. The van der Waals surface area contributed by atoms with Crippen LogP contribution in [0.4, 0.5) is 0 Å². The molecule has 90 valence electrons. The second kappa shape index (κ2) is 4.51. The van der Waals surface area contributed by atoms with E-state index >= 15 is 0 Å². The molecule has 0 amide bonds. The fourth-order valence-electron chi connectivity index (χ4n) is 1.72. The molecule has 0 aliphatic carbocycles. The molecule has 0 bridgehead atoms. The van der Waals surface area contributed by atoms with Crippen molar-refractivity contribution in [3.8, 4) is 0 Å². The Bertz CT molecular complexity index is 343. The lowest BCUT2D eigenvalue weighted by molar-refractivity contribution is 0.185. The Morgan fingerprint density at radius 1 is 1.56 bits per heavy atom. The maximum atomic E-state index is 6.04. The third-order valence-corrected chi connectivity index (χ3v) is 3.19. The van der Waals surface area contributed by atoms with Gasteiger partial charge in [-0.15, -0.1) is 0 Å². The fraction of sp³-hybridized carbons (Fsp3) is 0.818. The first-order valence-electron chi connectivity index (χ1n) is 5.81. The molecular weight excluding hydrogens is 206 g/mol. The number of rotatable bonds is 4. The van der Waals surface area contributed by atoms with Crippen LogP contribution in [0.3, 0.4) is 0 Å². The van der Waals surface area contributed by atoms with E-state index in [4.69, 9.17) is 15.0 Å². The van der Waals surface area contributed by atoms with Crippen molar-refractivity contribution in [1.82, 2.24) is 10.1 Å². The standard InChI is InChI=1S/C11H19N3O2/c1-3-11(2,12)10-13-9(14-16-10)6-8-4-5-15-7-8/h8H,3-7,12H2,1-2H3. The summed E-state index contributed by atoms with van der Waals surface area (Å²) in [7, 11) is 0. The fourth-order valence-corrected chi connectivity index (χ4v) is 1.72. The number of nitrogens with zero attached hydrogens (tertiary/aromatic N) is 2. The van der Waals surface area contributed by atoms with Gasteiger partial charge in [0.2, 0.25) is 5.89 Å². The smallest absolute Gasteiger partial charge is 0.246 e. The molecule has 1 aromatic rings. The van der Waals surface area contributed by atoms with Crippen LogP contribution in [-0.4, -0.2) is 23.4 Å². The van der Waals surface area contributed by atoms with Gasteiger partial charge in [-0.25, -0.2) is 0 Å². The molecule has 1 saturated heterocycles. The van der Waals surface area contributed by atoms with Crippen LogP contribution in [0.25, 0.3) is 0 Å². The Balaban J connectivity index is 2.01. The second-order valence-electron chi connectivity index (χ2n) is 4.72.